The smallest absolute Gasteiger partial charge is 0.337 e. The van der Waals surface area contributed by atoms with Crippen LogP contribution in [0.2, 0.25) is 5.02 Å². The van der Waals surface area contributed by atoms with Gasteiger partial charge in [-0.15, -0.1) is 0 Å². The molecule has 0 N–H and O–H groups in total. The molecule has 0 radical (unpaired) electrons. The zero-order valence-electron chi connectivity index (χ0n) is 16.0. The summed E-state index contributed by atoms with van der Waals surface area (Å²) in [6.07, 6.45) is -1.14. The van der Waals surface area contributed by atoms with Gasteiger partial charge in [0.1, 0.15) is 24.2 Å². The largest absolute Gasteiger partial charge is 0.417 e. The normalized spacial score (nSPS) is 12.6. The highest BCUT2D eigenvalue weighted by molar-refractivity contribution is 6.30. The Morgan fingerprint density at radius 2 is 1.93 bits per heavy atom. The molecule has 11 heteroatoms. The molecule has 0 aliphatic rings. The second-order valence-corrected chi connectivity index (χ2v) is 7.03. The summed E-state index contributed by atoms with van der Waals surface area (Å²) in [6.45, 7) is 1.20. The van der Waals surface area contributed by atoms with Crippen molar-refractivity contribution in [2.75, 3.05) is 7.05 Å². The predicted molar refractivity (Wildman–Crippen MR) is 103 cm³/mol. The van der Waals surface area contributed by atoms with Crippen LogP contribution in [0.3, 0.4) is 0 Å². The standard InChI is InChI=1S/C19H17ClF3N5O2/c1-12(13-3-5-15(6-4-13)28-11-24-10-25-28)26(2)17(29)9-27-8-14(19(21,22)23)7-16(20)18(27)30/h3-8,10-12H,9H2,1-2H3. The van der Waals surface area contributed by atoms with Crippen molar-refractivity contribution in [3.8, 4) is 5.69 Å². The molecule has 3 rings (SSSR count). The molecule has 1 atom stereocenters. The molecular formula is C19H17ClF3N5O2. The number of pyridine rings is 1. The Morgan fingerprint density at radius 3 is 2.50 bits per heavy atom. The van der Waals surface area contributed by atoms with E-state index in [1.807, 2.05) is 0 Å². The lowest BCUT2D eigenvalue weighted by Crippen LogP contribution is -2.36. The Kier molecular flexibility index (Phi) is 5.97. The number of halogens is 4. The number of nitrogens with zero attached hydrogens (tertiary/aromatic N) is 5. The summed E-state index contributed by atoms with van der Waals surface area (Å²) in [5.41, 5.74) is -0.387. The number of alkyl halides is 3. The highest BCUT2D eigenvalue weighted by atomic mass is 35.5. The van der Waals surface area contributed by atoms with Crippen LogP contribution >= 0.6 is 11.6 Å². The Hall–Kier alpha value is -3.14. The zero-order chi connectivity index (χ0) is 22.1. The molecule has 30 heavy (non-hydrogen) atoms. The van der Waals surface area contributed by atoms with Crippen molar-refractivity contribution >= 4 is 17.5 Å². The number of likely N-dealkylation sites (N-methyl/N-ethyl adjacent to an activating group) is 1. The monoisotopic (exact) mass is 439 g/mol. The maximum absolute atomic E-state index is 13.0. The number of benzene rings is 1. The zero-order valence-corrected chi connectivity index (χ0v) is 16.7. The summed E-state index contributed by atoms with van der Waals surface area (Å²) in [6, 6.07) is 7.37. The average Bonchev–Trinajstić information content (AvgIpc) is 3.24. The molecule has 158 valence electrons. The highest BCUT2D eigenvalue weighted by Crippen LogP contribution is 2.29. The van der Waals surface area contributed by atoms with Gasteiger partial charge in [0.25, 0.3) is 5.56 Å². The quantitative estimate of drug-likeness (QED) is 0.611. The molecule has 1 unspecified atom stereocenters. The van der Waals surface area contributed by atoms with Crippen molar-refractivity contribution in [2.24, 2.45) is 0 Å². The van der Waals surface area contributed by atoms with E-state index in [0.29, 0.717) is 16.8 Å². The van der Waals surface area contributed by atoms with Gasteiger partial charge in [-0.2, -0.15) is 18.3 Å². The molecule has 1 amide bonds. The maximum Gasteiger partial charge on any atom is 0.417 e. The summed E-state index contributed by atoms with van der Waals surface area (Å²) in [7, 11) is 1.51. The molecule has 0 aliphatic heterocycles. The van der Waals surface area contributed by atoms with Crippen molar-refractivity contribution in [1.82, 2.24) is 24.2 Å². The van der Waals surface area contributed by atoms with Gasteiger partial charge < -0.3 is 9.47 Å². The van der Waals surface area contributed by atoms with Crippen LogP contribution in [0.4, 0.5) is 13.2 Å². The van der Waals surface area contributed by atoms with E-state index < -0.39 is 34.8 Å². The lowest BCUT2D eigenvalue weighted by Gasteiger charge is -2.26. The van der Waals surface area contributed by atoms with Gasteiger partial charge in [0.05, 0.1) is 17.3 Å². The molecule has 1 aromatic carbocycles. The molecule has 0 spiro atoms. The predicted octanol–water partition coefficient (Wildman–Crippen LogP) is 3.32. The van der Waals surface area contributed by atoms with Crippen molar-refractivity contribution in [1.29, 1.82) is 0 Å². The van der Waals surface area contributed by atoms with Crippen molar-refractivity contribution in [3.63, 3.8) is 0 Å². The molecule has 2 heterocycles. The van der Waals surface area contributed by atoms with Gasteiger partial charge in [0.2, 0.25) is 5.91 Å². The van der Waals surface area contributed by atoms with Crippen LogP contribution in [0.25, 0.3) is 5.69 Å². The van der Waals surface area contributed by atoms with Crippen LogP contribution in [0, 0.1) is 0 Å². The van der Waals surface area contributed by atoms with Crippen molar-refractivity contribution in [3.05, 3.63) is 75.7 Å². The molecular weight excluding hydrogens is 423 g/mol. The summed E-state index contributed by atoms with van der Waals surface area (Å²) in [5, 5.41) is 3.43. The summed E-state index contributed by atoms with van der Waals surface area (Å²) < 4.78 is 41.2. The molecule has 0 fully saturated rings. The van der Waals surface area contributed by atoms with E-state index in [4.69, 9.17) is 11.6 Å². The van der Waals surface area contributed by atoms with E-state index in [-0.39, 0.29) is 6.04 Å². The van der Waals surface area contributed by atoms with E-state index in [1.165, 1.54) is 18.3 Å². The molecule has 7 nitrogen and oxygen atoms in total. The van der Waals surface area contributed by atoms with Gasteiger partial charge in [-0.25, -0.2) is 9.67 Å². The number of carbonyl (C=O) groups excluding carboxylic acids is 1. The molecule has 0 saturated heterocycles. The lowest BCUT2D eigenvalue weighted by molar-refractivity contribution is -0.138. The Morgan fingerprint density at radius 1 is 1.27 bits per heavy atom. The van der Waals surface area contributed by atoms with Crippen molar-refractivity contribution in [2.45, 2.75) is 25.7 Å². The third-order valence-electron chi connectivity index (χ3n) is 4.71. The molecule has 0 bridgehead atoms. The summed E-state index contributed by atoms with van der Waals surface area (Å²) in [4.78, 5) is 29.9. The number of aromatic nitrogens is 4. The molecule has 3 aromatic rings. The van der Waals surface area contributed by atoms with Crippen LogP contribution in [0.15, 0.2) is 54.0 Å². The first-order chi connectivity index (χ1) is 14.1. The Balaban J connectivity index is 1.77. The SMILES string of the molecule is CC(c1ccc(-n2cncn2)cc1)N(C)C(=O)Cn1cc(C(F)(F)F)cc(Cl)c1=O. The third kappa shape index (κ3) is 4.54. The van der Waals surface area contributed by atoms with E-state index in [2.05, 4.69) is 10.1 Å². The molecule has 2 aromatic heterocycles. The second kappa shape index (κ2) is 8.31. The van der Waals surface area contributed by atoms with Crippen LogP contribution in [0.1, 0.15) is 24.1 Å². The summed E-state index contributed by atoms with van der Waals surface area (Å²) in [5.74, 6) is -0.541. The van der Waals surface area contributed by atoms with Gasteiger partial charge in [-0.1, -0.05) is 23.7 Å². The highest BCUT2D eigenvalue weighted by Gasteiger charge is 2.32. The fourth-order valence-electron chi connectivity index (χ4n) is 2.82. The lowest BCUT2D eigenvalue weighted by atomic mass is 10.1. The van der Waals surface area contributed by atoms with E-state index in [9.17, 15) is 22.8 Å². The van der Waals surface area contributed by atoms with Gasteiger partial charge in [0, 0.05) is 13.2 Å². The van der Waals surface area contributed by atoms with Crippen LogP contribution in [0.5, 0.6) is 0 Å². The van der Waals surface area contributed by atoms with Gasteiger partial charge in [-0.3, -0.25) is 9.59 Å². The van der Waals surface area contributed by atoms with E-state index >= 15 is 0 Å². The fourth-order valence-corrected chi connectivity index (χ4v) is 3.04. The van der Waals surface area contributed by atoms with E-state index in [1.54, 1.807) is 42.2 Å². The number of rotatable bonds is 5. The Labute approximate surface area is 174 Å². The van der Waals surface area contributed by atoms with Gasteiger partial charge in [-0.05, 0) is 30.7 Å². The van der Waals surface area contributed by atoms with Gasteiger partial charge >= 0.3 is 6.18 Å². The average molecular weight is 440 g/mol. The van der Waals surface area contributed by atoms with Crippen LogP contribution < -0.4 is 5.56 Å². The maximum atomic E-state index is 13.0. The first kappa shape index (κ1) is 21.6. The second-order valence-electron chi connectivity index (χ2n) is 6.62. The number of carbonyl (C=O) groups is 1. The first-order valence-electron chi connectivity index (χ1n) is 8.75. The van der Waals surface area contributed by atoms with Gasteiger partial charge in [0.15, 0.2) is 0 Å². The number of amides is 1. The van der Waals surface area contributed by atoms with E-state index in [0.717, 1.165) is 11.3 Å². The molecule has 0 saturated carbocycles. The minimum Gasteiger partial charge on any atom is -0.337 e. The number of hydrogen-bond donors (Lipinski definition) is 0. The topological polar surface area (TPSA) is 73.0 Å². The number of hydrogen-bond acceptors (Lipinski definition) is 4. The summed E-state index contributed by atoms with van der Waals surface area (Å²) >= 11 is 5.63. The minimum absolute atomic E-state index is 0.390. The van der Waals surface area contributed by atoms with Crippen LogP contribution in [-0.4, -0.2) is 37.2 Å². The molecule has 0 aliphatic carbocycles. The third-order valence-corrected chi connectivity index (χ3v) is 4.98. The van der Waals surface area contributed by atoms with Crippen molar-refractivity contribution < 1.29 is 18.0 Å². The van der Waals surface area contributed by atoms with Crippen LogP contribution in [-0.2, 0) is 17.5 Å². The first-order valence-corrected chi connectivity index (χ1v) is 9.13. The Bertz CT molecular complexity index is 1090. The fraction of sp³-hybridized carbons (Fsp3) is 0.263. The minimum atomic E-state index is -4.69.